The molecule has 104 valence electrons. The highest BCUT2D eigenvalue weighted by atomic mass is 16.5. The van der Waals surface area contributed by atoms with Crippen molar-refractivity contribution in [2.24, 2.45) is 0 Å². The molecule has 0 saturated heterocycles. The van der Waals surface area contributed by atoms with Crippen molar-refractivity contribution in [3.8, 4) is 0 Å². The molecule has 1 N–H and O–H groups in total. The van der Waals surface area contributed by atoms with Crippen molar-refractivity contribution in [1.82, 2.24) is 10.2 Å². The minimum Gasteiger partial charge on any atom is -0.383 e. The summed E-state index contributed by atoms with van der Waals surface area (Å²) >= 11 is 0. The van der Waals surface area contributed by atoms with Crippen LogP contribution in [0.2, 0.25) is 0 Å². The van der Waals surface area contributed by atoms with Gasteiger partial charge < -0.3 is 10.1 Å². The molecule has 0 aromatic carbocycles. The maximum Gasteiger partial charge on any atom is 0.0587 e. The van der Waals surface area contributed by atoms with E-state index in [0.29, 0.717) is 12.1 Å². The van der Waals surface area contributed by atoms with E-state index >= 15 is 0 Å². The summed E-state index contributed by atoms with van der Waals surface area (Å²) in [6.07, 6.45) is 3.95. The van der Waals surface area contributed by atoms with E-state index in [4.69, 9.17) is 4.74 Å². The first-order chi connectivity index (χ1) is 8.13. The van der Waals surface area contributed by atoms with Crippen LogP contribution in [0.5, 0.6) is 0 Å². The topological polar surface area (TPSA) is 24.5 Å². The number of hydrogen-bond donors (Lipinski definition) is 1. The van der Waals surface area contributed by atoms with E-state index in [0.717, 1.165) is 19.7 Å². The smallest absolute Gasteiger partial charge is 0.0587 e. The van der Waals surface area contributed by atoms with E-state index < -0.39 is 0 Å². The van der Waals surface area contributed by atoms with Crippen molar-refractivity contribution in [3.05, 3.63) is 0 Å². The fraction of sp³-hybridized carbons (Fsp3) is 1.00. The summed E-state index contributed by atoms with van der Waals surface area (Å²) in [5.74, 6) is 0. The van der Waals surface area contributed by atoms with Gasteiger partial charge in [0.1, 0.15) is 0 Å². The lowest BCUT2D eigenvalue weighted by Crippen LogP contribution is -2.45. The highest BCUT2D eigenvalue weighted by molar-refractivity contribution is 4.73. The number of nitrogens with zero attached hydrogens (tertiary/aromatic N) is 1. The third-order valence-corrected chi connectivity index (χ3v) is 3.17. The molecule has 0 bridgehead atoms. The Morgan fingerprint density at radius 2 is 1.88 bits per heavy atom. The van der Waals surface area contributed by atoms with E-state index in [1.165, 1.54) is 25.8 Å². The molecule has 17 heavy (non-hydrogen) atoms. The predicted octanol–water partition coefficient (Wildman–Crippen LogP) is 2.51. The number of ether oxygens (including phenoxy) is 1. The Balaban J connectivity index is 3.84. The van der Waals surface area contributed by atoms with Gasteiger partial charge >= 0.3 is 0 Å². The van der Waals surface area contributed by atoms with Crippen LogP contribution in [0.4, 0.5) is 0 Å². The van der Waals surface area contributed by atoms with E-state index in [1.54, 1.807) is 7.11 Å². The molecular weight excluding hydrogens is 212 g/mol. The average Bonchev–Trinajstić information content (AvgIpc) is 2.29. The molecule has 0 rings (SSSR count). The molecule has 0 heterocycles. The SMILES string of the molecule is CCCCCN(C(C)C)C(C)CNCCOC. The molecule has 0 fully saturated rings. The van der Waals surface area contributed by atoms with Gasteiger partial charge in [-0.2, -0.15) is 0 Å². The van der Waals surface area contributed by atoms with Gasteiger partial charge in [0.25, 0.3) is 0 Å². The van der Waals surface area contributed by atoms with Crippen LogP contribution in [0, 0.1) is 0 Å². The van der Waals surface area contributed by atoms with Crippen molar-refractivity contribution >= 4 is 0 Å². The number of rotatable bonds is 11. The van der Waals surface area contributed by atoms with Crippen LogP contribution in [-0.4, -0.2) is 50.3 Å². The third kappa shape index (κ3) is 8.58. The lowest BCUT2D eigenvalue weighted by Gasteiger charge is -2.33. The molecular formula is C14H32N2O. The predicted molar refractivity (Wildman–Crippen MR) is 75.6 cm³/mol. The lowest BCUT2D eigenvalue weighted by molar-refractivity contribution is 0.151. The summed E-state index contributed by atoms with van der Waals surface area (Å²) in [5, 5.41) is 3.45. The Kier molecular flexibility index (Phi) is 10.9. The first-order valence-electron chi connectivity index (χ1n) is 7.08. The van der Waals surface area contributed by atoms with Crippen LogP contribution in [0.15, 0.2) is 0 Å². The molecule has 0 saturated carbocycles. The molecule has 0 spiro atoms. The largest absolute Gasteiger partial charge is 0.383 e. The maximum absolute atomic E-state index is 5.03. The minimum atomic E-state index is 0.601. The van der Waals surface area contributed by atoms with E-state index in [2.05, 4.69) is 37.9 Å². The number of nitrogens with one attached hydrogen (secondary N) is 1. The molecule has 0 aromatic rings. The zero-order chi connectivity index (χ0) is 13.1. The Morgan fingerprint density at radius 1 is 1.18 bits per heavy atom. The Hall–Kier alpha value is -0.120. The Bertz CT molecular complexity index is 162. The van der Waals surface area contributed by atoms with Gasteiger partial charge in [0.2, 0.25) is 0 Å². The maximum atomic E-state index is 5.03. The van der Waals surface area contributed by atoms with Crippen LogP contribution in [-0.2, 0) is 4.74 Å². The first-order valence-corrected chi connectivity index (χ1v) is 7.08. The molecule has 1 atom stereocenters. The number of unbranched alkanes of at least 4 members (excludes halogenated alkanes) is 2. The van der Waals surface area contributed by atoms with Gasteiger partial charge in [-0.15, -0.1) is 0 Å². The minimum absolute atomic E-state index is 0.601. The summed E-state index contributed by atoms with van der Waals surface area (Å²) in [6.45, 7) is 13.2. The summed E-state index contributed by atoms with van der Waals surface area (Å²) in [4.78, 5) is 2.59. The average molecular weight is 244 g/mol. The van der Waals surface area contributed by atoms with Crippen LogP contribution in [0.25, 0.3) is 0 Å². The molecule has 0 aliphatic heterocycles. The molecule has 3 nitrogen and oxygen atoms in total. The normalized spacial score (nSPS) is 13.6. The van der Waals surface area contributed by atoms with Crippen LogP contribution in [0.3, 0.4) is 0 Å². The van der Waals surface area contributed by atoms with Crippen molar-refractivity contribution in [2.75, 3.05) is 33.4 Å². The van der Waals surface area contributed by atoms with Gasteiger partial charge in [0.05, 0.1) is 6.61 Å². The number of methoxy groups -OCH3 is 1. The summed E-state index contributed by atoms with van der Waals surface area (Å²) in [7, 11) is 1.75. The van der Waals surface area contributed by atoms with Crippen molar-refractivity contribution in [3.63, 3.8) is 0 Å². The van der Waals surface area contributed by atoms with E-state index in [9.17, 15) is 0 Å². The molecule has 3 heteroatoms. The van der Waals surface area contributed by atoms with Crippen molar-refractivity contribution in [1.29, 1.82) is 0 Å². The van der Waals surface area contributed by atoms with Gasteiger partial charge in [-0.3, -0.25) is 4.90 Å². The van der Waals surface area contributed by atoms with Gasteiger partial charge in [0.15, 0.2) is 0 Å². The zero-order valence-electron chi connectivity index (χ0n) is 12.5. The molecule has 0 radical (unpaired) electrons. The van der Waals surface area contributed by atoms with Gasteiger partial charge in [-0.25, -0.2) is 0 Å². The first kappa shape index (κ1) is 16.9. The summed E-state index contributed by atoms with van der Waals surface area (Å²) in [5.41, 5.74) is 0. The lowest BCUT2D eigenvalue weighted by atomic mass is 10.1. The second-order valence-electron chi connectivity index (χ2n) is 5.08. The fourth-order valence-electron chi connectivity index (χ4n) is 2.13. The molecule has 0 aromatic heterocycles. The summed E-state index contributed by atoms with van der Waals surface area (Å²) in [6, 6.07) is 1.23. The Morgan fingerprint density at radius 3 is 2.41 bits per heavy atom. The highest BCUT2D eigenvalue weighted by Crippen LogP contribution is 2.07. The zero-order valence-corrected chi connectivity index (χ0v) is 12.5. The standard InChI is InChI=1S/C14H32N2O/c1-6-7-8-10-16(13(2)3)14(4)12-15-9-11-17-5/h13-15H,6-12H2,1-5H3. The Labute approximate surface area is 108 Å². The fourth-order valence-corrected chi connectivity index (χ4v) is 2.13. The van der Waals surface area contributed by atoms with E-state index in [-0.39, 0.29) is 0 Å². The molecule has 1 unspecified atom stereocenters. The van der Waals surface area contributed by atoms with Gasteiger partial charge in [-0.1, -0.05) is 19.8 Å². The third-order valence-electron chi connectivity index (χ3n) is 3.17. The molecule has 0 aliphatic carbocycles. The quantitative estimate of drug-likeness (QED) is 0.565. The second kappa shape index (κ2) is 11.0. The van der Waals surface area contributed by atoms with Crippen LogP contribution >= 0.6 is 0 Å². The summed E-state index contributed by atoms with van der Waals surface area (Å²) < 4.78 is 5.03. The highest BCUT2D eigenvalue weighted by Gasteiger charge is 2.15. The van der Waals surface area contributed by atoms with Crippen LogP contribution in [0.1, 0.15) is 47.0 Å². The number of hydrogen-bond acceptors (Lipinski definition) is 3. The monoisotopic (exact) mass is 244 g/mol. The van der Waals surface area contributed by atoms with Crippen LogP contribution < -0.4 is 5.32 Å². The molecule has 0 amide bonds. The second-order valence-corrected chi connectivity index (χ2v) is 5.08. The molecule has 0 aliphatic rings. The van der Waals surface area contributed by atoms with Gasteiger partial charge in [-0.05, 0) is 33.7 Å². The van der Waals surface area contributed by atoms with E-state index in [1.807, 2.05) is 0 Å². The van der Waals surface area contributed by atoms with Crippen molar-refractivity contribution < 1.29 is 4.74 Å². The van der Waals surface area contributed by atoms with Crippen molar-refractivity contribution in [2.45, 2.75) is 59.0 Å². The van der Waals surface area contributed by atoms with Gasteiger partial charge in [0, 0.05) is 32.3 Å².